The maximum absolute atomic E-state index is 11.3. The largest absolute Gasteiger partial charge is 2.00 e. The zero-order chi connectivity index (χ0) is 12.5. The van der Waals surface area contributed by atoms with Crippen LogP contribution in [0.4, 0.5) is 0 Å². The Morgan fingerprint density at radius 1 is 1.05 bits per heavy atom. The summed E-state index contributed by atoms with van der Waals surface area (Å²) in [5, 5.41) is 11.3. The van der Waals surface area contributed by atoms with E-state index < -0.39 is 5.97 Å². The van der Waals surface area contributed by atoms with Gasteiger partial charge in [-0.25, -0.2) is 9.78 Å². The van der Waals surface area contributed by atoms with Gasteiger partial charge in [0.2, 0.25) is 0 Å². The van der Waals surface area contributed by atoms with E-state index in [4.69, 9.17) is 5.26 Å². The minimum Gasteiger partial charge on any atom is -1.00 e. The average molecular weight is 250 g/mol. The summed E-state index contributed by atoms with van der Waals surface area (Å²) in [7, 11) is 0. The summed E-state index contributed by atoms with van der Waals surface area (Å²) in [4.78, 5) is 19.2. The van der Waals surface area contributed by atoms with Crippen LogP contribution in [0.1, 0.15) is 13.3 Å². The second-order valence-electron chi connectivity index (χ2n) is 3.93. The van der Waals surface area contributed by atoms with Crippen LogP contribution in [-0.4, -0.2) is 26.3 Å². The zero-order valence-corrected chi connectivity index (χ0v) is 10.0. The monoisotopic (exact) mass is 250 g/mol. The molecule has 92 valence electrons. The predicted molar refractivity (Wildman–Crippen MR) is 75.3 cm³/mol. The van der Waals surface area contributed by atoms with Crippen LogP contribution in [-0.2, 0) is 4.89 Å². The van der Waals surface area contributed by atoms with E-state index in [1.165, 1.54) is 6.07 Å². The van der Waals surface area contributed by atoms with Crippen LogP contribution in [0.25, 0.3) is 21.7 Å². The third kappa shape index (κ3) is 2.19. The molecule has 3 rings (SSSR count). The van der Waals surface area contributed by atoms with Gasteiger partial charge in [0.25, 0.3) is 0 Å². The van der Waals surface area contributed by atoms with Crippen molar-refractivity contribution in [1.82, 2.24) is 4.98 Å². The van der Waals surface area contributed by atoms with E-state index in [-0.39, 0.29) is 18.7 Å². The molecule has 0 spiro atoms. The minimum atomic E-state index is -0.857. The Morgan fingerprint density at radius 2 is 1.74 bits per heavy atom. The zero-order valence-electron chi connectivity index (χ0n) is 12.0. The molecule has 0 radical (unpaired) electrons. The molecule has 0 saturated carbocycles. The molecule has 0 atom stereocenters. The molecule has 0 aliphatic carbocycles. The van der Waals surface area contributed by atoms with Gasteiger partial charge < -0.3 is 2.85 Å². The number of hydrogen-bond acceptors (Lipinski definition) is 4. The van der Waals surface area contributed by atoms with Gasteiger partial charge in [0.1, 0.15) is 0 Å². The fourth-order valence-electron chi connectivity index (χ4n) is 2.02. The molecule has 3 aromatic rings. The van der Waals surface area contributed by atoms with Gasteiger partial charge >= 0.3 is 16.1 Å². The molecule has 0 bridgehead atoms. The molecular weight excluding hydrogens is 239 g/mol. The van der Waals surface area contributed by atoms with Gasteiger partial charge in [0.15, 0.2) is 5.69 Å². The molecule has 1 aromatic heterocycles. The number of carbonyl (C=O) groups excluding carboxylic acids is 1. The second kappa shape index (κ2) is 5.14. The number of fused-ring (bicyclic) bond motifs is 3. The average Bonchev–Trinajstić information content (AvgIpc) is 2.45. The Bertz CT molecular complexity index is 767. The first kappa shape index (κ1) is 13.1. The summed E-state index contributed by atoms with van der Waals surface area (Å²) in [5.41, 5.74) is 0.803. The SMILES string of the molecule is O=C(OO)c1ccc2ccc3ccccc3c2n1.[Be+2].[H-].[H-]. The van der Waals surface area contributed by atoms with Crippen LogP contribution in [0.5, 0.6) is 0 Å². The standard InChI is InChI=1S/C14H9NO3.Be.2H/c16-14(18-17)12-8-7-10-6-5-9-3-1-2-4-11(9)13(10)15-12;;;/h1-8,17H;;;/q;+2;2*-1. The summed E-state index contributed by atoms with van der Waals surface area (Å²) < 4.78 is 0. The Labute approximate surface area is 115 Å². The van der Waals surface area contributed by atoms with Crippen LogP contribution in [0.3, 0.4) is 0 Å². The Morgan fingerprint density at radius 3 is 2.53 bits per heavy atom. The number of hydrogen-bond donors (Lipinski definition) is 1. The van der Waals surface area contributed by atoms with Gasteiger partial charge in [0, 0.05) is 10.8 Å². The molecular formula is C14H11BeNO3. The summed E-state index contributed by atoms with van der Waals surface area (Å²) in [6.45, 7) is 0. The summed E-state index contributed by atoms with van der Waals surface area (Å²) in [6.07, 6.45) is 0. The van der Waals surface area contributed by atoms with Gasteiger partial charge in [-0.3, -0.25) is 4.89 Å². The van der Waals surface area contributed by atoms with Crippen molar-refractivity contribution in [3.05, 3.63) is 54.2 Å². The predicted octanol–water partition coefficient (Wildman–Crippen LogP) is 2.86. The van der Waals surface area contributed by atoms with E-state index in [1.54, 1.807) is 6.07 Å². The van der Waals surface area contributed by atoms with E-state index in [0.717, 1.165) is 21.7 Å². The third-order valence-electron chi connectivity index (χ3n) is 2.88. The molecule has 0 saturated heterocycles. The van der Waals surface area contributed by atoms with Crippen molar-refractivity contribution in [2.24, 2.45) is 0 Å². The van der Waals surface area contributed by atoms with Crippen LogP contribution < -0.4 is 0 Å². The number of aromatic nitrogens is 1. The smallest absolute Gasteiger partial charge is 1.00 e. The van der Waals surface area contributed by atoms with Crippen LogP contribution in [0.2, 0.25) is 0 Å². The van der Waals surface area contributed by atoms with Crippen molar-refractivity contribution in [2.45, 2.75) is 0 Å². The molecule has 0 aliphatic rings. The maximum atomic E-state index is 11.3. The van der Waals surface area contributed by atoms with Crippen molar-refractivity contribution < 1.29 is 17.8 Å². The molecule has 0 aliphatic heterocycles. The van der Waals surface area contributed by atoms with E-state index in [9.17, 15) is 4.79 Å². The van der Waals surface area contributed by atoms with Gasteiger partial charge in [-0.05, 0) is 11.5 Å². The molecule has 1 heterocycles. The molecule has 19 heavy (non-hydrogen) atoms. The molecule has 0 fully saturated rings. The Kier molecular flexibility index (Phi) is 3.56. The second-order valence-corrected chi connectivity index (χ2v) is 3.93. The van der Waals surface area contributed by atoms with Crippen molar-refractivity contribution in [3.8, 4) is 0 Å². The molecule has 0 amide bonds. The van der Waals surface area contributed by atoms with Crippen molar-refractivity contribution in [3.63, 3.8) is 0 Å². The first-order valence-electron chi connectivity index (χ1n) is 5.44. The number of benzene rings is 2. The number of rotatable bonds is 1. The van der Waals surface area contributed by atoms with Crippen LogP contribution >= 0.6 is 0 Å². The van der Waals surface area contributed by atoms with Crippen molar-refractivity contribution in [2.75, 3.05) is 0 Å². The van der Waals surface area contributed by atoms with Gasteiger partial charge in [-0.2, -0.15) is 5.26 Å². The summed E-state index contributed by atoms with van der Waals surface area (Å²) >= 11 is 0. The first-order chi connectivity index (χ1) is 8.79. The van der Waals surface area contributed by atoms with E-state index in [2.05, 4.69) is 9.87 Å². The minimum absolute atomic E-state index is 0. The van der Waals surface area contributed by atoms with Crippen LogP contribution in [0.15, 0.2) is 48.5 Å². The molecule has 1 N–H and O–H groups in total. The number of nitrogens with zero attached hydrogens (tertiary/aromatic N) is 1. The Balaban J connectivity index is 0.00000133. The van der Waals surface area contributed by atoms with Crippen molar-refractivity contribution in [1.29, 1.82) is 0 Å². The first-order valence-corrected chi connectivity index (χ1v) is 5.44. The topological polar surface area (TPSA) is 59.4 Å². The third-order valence-corrected chi connectivity index (χ3v) is 2.88. The fourth-order valence-corrected chi connectivity index (χ4v) is 2.02. The van der Waals surface area contributed by atoms with E-state index in [0.29, 0.717) is 0 Å². The summed E-state index contributed by atoms with van der Waals surface area (Å²) in [5.74, 6) is -0.857. The van der Waals surface area contributed by atoms with E-state index in [1.807, 2.05) is 36.4 Å². The van der Waals surface area contributed by atoms with Gasteiger partial charge in [-0.1, -0.05) is 42.5 Å². The van der Waals surface area contributed by atoms with Crippen molar-refractivity contribution >= 4 is 37.8 Å². The molecule has 2 aromatic carbocycles. The number of carbonyl (C=O) groups is 1. The van der Waals surface area contributed by atoms with Gasteiger partial charge in [-0.15, -0.1) is 0 Å². The molecule has 5 heteroatoms. The van der Waals surface area contributed by atoms with E-state index >= 15 is 0 Å². The Hall–Kier alpha value is -2.29. The quantitative estimate of drug-likeness (QED) is 0.312. The summed E-state index contributed by atoms with van der Waals surface area (Å²) in [6, 6.07) is 15.0. The van der Waals surface area contributed by atoms with Crippen LogP contribution in [0, 0.1) is 0 Å². The van der Waals surface area contributed by atoms with Gasteiger partial charge in [0.05, 0.1) is 5.52 Å². The molecule has 4 nitrogen and oxygen atoms in total. The number of pyridine rings is 1. The maximum Gasteiger partial charge on any atom is 2.00 e. The fraction of sp³-hybridized carbons (Fsp3) is 0. The molecule has 0 unspecified atom stereocenters. The normalized spacial score (nSPS) is 10.2.